The van der Waals surface area contributed by atoms with Crippen molar-refractivity contribution >= 4 is 17.7 Å². The van der Waals surface area contributed by atoms with E-state index >= 15 is 0 Å². The van der Waals surface area contributed by atoms with Crippen LogP contribution in [0.4, 0.5) is 0 Å². The molecule has 0 aliphatic rings. The van der Waals surface area contributed by atoms with Crippen LogP contribution in [-0.2, 0) is 12.8 Å². The van der Waals surface area contributed by atoms with Crippen molar-refractivity contribution in [3.05, 3.63) is 47.2 Å². The van der Waals surface area contributed by atoms with Crippen LogP contribution >= 0.6 is 11.8 Å². The van der Waals surface area contributed by atoms with Gasteiger partial charge in [-0.2, -0.15) is 5.10 Å². The lowest BCUT2D eigenvalue weighted by Crippen LogP contribution is -2.00. The third kappa shape index (κ3) is 2.56. The smallest absolute Gasteiger partial charge is 0.340 e. The molecule has 0 spiro atoms. The molecule has 0 radical (unpaired) electrons. The summed E-state index contributed by atoms with van der Waals surface area (Å²) in [6.07, 6.45) is 0. The number of nitrogens with zero attached hydrogens (tertiary/aromatic N) is 2. The van der Waals surface area contributed by atoms with Crippen molar-refractivity contribution in [3.8, 4) is 0 Å². The van der Waals surface area contributed by atoms with Gasteiger partial charge >= 0.3 is 5.97 Å². The molecule has 2 rings (SSSR count). The van der Waals surface area contributed by atoms with Gasteiger partial charge in [-0.25, -0.2) is 4.79 Å². The van der Waals surface area contributed by atoms with Gasteiger partial charge in [-0.05, 0) is 12.5 Å². The Balaban J connectivity index is 2.22. The molecule has 0 aliphatic carbocycles. The lowest BCUT2D eigenvalue weighted by atomic mass is 10.2. The van der Waals surface area contributed by atoms with E-state index in [9.17, 15) is 9.90 Å². The van der Waals surface area contributed by atoms with E-state index in [1.807, 2.05) is 30.3 Å². The number of aromatic carboxylic acids is 1. The highest BCUT2D eigenvalue weighted by molar-refractivity contribution is 7.98. The molecule has 2 aromatic rings. The maximum absolute atomic E-state index is 11.2. The van der Waals surface area contributed by atoms with Crippen LogP contribution in [0.3, 0.4) is 0 Å². The Labute approximate surface area is 110 Å². The summed E-state index contributed by atoms with van der Waals surface area (Å²) in [6, 6.07) is 9.96. The molecular weight excluding hydrogens is 248 g/mol. The van der Waals surface area contributed by atoms with Crippen molar-refractivity contribution < 1.29 is 9.90 Å². The number of rotatable bonds is 4. The lowest BCUT2D eigenvalue weighted by molar-refractivity contribution is 0.0692. The quantitative estimate of drug-likeness (QED) is 0.861. The molecule has 1 aromatic carbocycles. The van der Waals surface area contributed by atoms with E-state index < -0.39 is 5.97 Å². The minimum Gasteiger partial charge on any atom is -0.478 e. The van der Waals surface area contributed by atoms with Crippen molar-refractivity contribution in [2.75, 3.05) is 0 Å². The average molecular weight is 262 g/mol. The number of hydrogen-bond donors (Lipinski definition) is 1. The number of benzene rings is 1. The van der Waals surface area contributed by atoms with E-state index in [0.29, 0.717) is 16.3 Å². The van der Waals surface area contributed by atoms with Gasteiger partial charge < -0.3 is 5.11 Å². The maximum atomic E-state index is 11.2. The van der Waals surface area contributed by atoms with Crippen LogP contribution in [-0.4, -0.2) is 20.9 Å². The molecule has 0 bridgehead atoms. The molecule has 1 N–H and O–H groups in total. The first-order chi connectivity index (χ1) is 8.59. The zero-order valence-electron chi connectivity index (χ0n) is 10.3. The van der Waals surface area contributed by atoms with Gasteiger partial charge in [-0.1, -0.05) is 30.3 Å². The van der Waals surface area contributed by atoms with Gasteiger partial charge in [0.05, 0.1) is 5.69 Å². The molecule has 0 saturated heterocycles. The Hall–Kier alpha value is -1.75. The maximum Gasteiger partial charge on any atom is 0.340 e. The fraction of sp³-hybridized carbons (Fsp3) is 0.231. The molecule has 0 unspecified atom stereocenters. The second-order valence-electron chi connectivity index (χ2n) is 3.97. The Morgan fingerprint density at radius 1 is 1.39 bits per heavy atom. The highest BCUT2D eigenvalue weighted by atomic mass is 32.2. The standard InChI is InChI=1S/C13H14N2O2S/c1-9-11(13(16)17)12(15(2)14-9)18-8-10-6-4-3-5-7-10/h3-7H,8H2,1-2H3,(H,16,17). The van der Waals surface area contributed by atoms with Gasteiger partial charge in [0.25, 0.3) is 0 Å². The summed E-state index contributed by atoms with van der Waals surface area (Å²) >= 11 is 1.50. The van der Waals surface area contributed by atoms with Crippen molar-refractivity contribution in [2.24, 2.45) is 7.05 Å². The molecule has 18 heavy (non-hydrogen) atoms. The van der Waals surface area contributed by atoms with E-state index in [2.05, 4.69) is 5.10 Å². The summed E-state index contributed by atoms with van der Waals surface area (Å²) in [5, 5.41) is 14.0. The molecule has 0 amide bonds. The first kappa shape index (κ1) is 12.7. The highest BCUT2D eigenvalue weighted by Gasteiger charge is 2.19. The van der Waals surface area contributed by atoms with Gasteiger partial charge in [0.2, 0.25) is 0 Å². The Kier molecular flexibility index (Phi) is 3.72. The zero-order valence-corrected chi connectivity index (χ0v) is 11.1. The summed E-state index contributed by atoms with van der Waals surface area (Å²) in [7, 11) is 1.77. The SMILES string of the molecule is Cc1nn(C)c(SCc2ccccc2)c1C(=O)O. The summed E-state index contributed by atoms with van der Waals surface area (Å²) in [4.78, 5) is 11.2. The first-order valence-corrected chi connectivity index (χ1v) is 6.51. The van der Waals surface area contributed by atoms with Gasteiger partial charge in [-0.3, -0.25) is 4.68 Å². The topological polar surface area (TPSA) is 55.1 Å². The van der Waals surface area contributed by atoms with Crippen LogP contribution < -0.4 is 0 Å². The van der Waals surface area contributed by atoms with E-state index in [1.165, 1.54) is 11.8 Å². The number of carbonyl (C=O) groups is 1. The molecule has 94 valence electrons. The second-order valence-corrected chi connectivity index (χ2v) is 4.93. The molecule has 5 heteroatoms. The van der Waals surface area contributed by atoms with Crippen LogP contribution in [0.15, 0.2) is 35.4 Å². The van der Waals surface area contributed by atoms with Crippen LogP contribution in [0, 0.1) is 6.92 Å². The molecule has 0 fully saturated rings. The Morgan fingerprint density at radius 3 is 2.67 bits per heavy atom. The number of hydrogen-bond acceptors (Lipinski definition) is 3. The third-order valence-corrected chi connectivity index (χ3v) is 3.82. The van der Waals surface area contributed by atoms with Crippen LogP contribution in [0.5, 0.6) is 0 Å². The predicted octanol–water partition coefficient (Wildman–Crippen LogP) is 2.72. The number of carboxylic acids is 1. The Morgan fingerprint density at radius 2 is 2.06 bits per heavy atom. The molecule has 0 atom stereocenters. The summed E-state index contributed by atoms with van der Waals surface area (Å²) < 4.78 is 1.63. The molecule has 0 saturated carbocycles. The molecule has 4 nitrogen and oxygen atoms in total. The van der Waals surface area contributed by atoms with Crippen LogP contribution in [0.25, 0.3) is 0 Å². The van der Waals surface area contributed by atoms with Crippen molar-refractivity contribution in [2.45, 2.75) is 17.7 Å². The van der Waals surface area contributed by atoms with Gasteiger partial charge in [0.15, 0.2) is 0 Å². The molecular formula is C13H14N2O2S. The van der Waals surface area contributed by atoms with Gasteiger partial charge in [0.1, 0.15) is 10.6 Å². The number of carboxylic acid groups (broad SMARTS) is 1. The largest absolute Gasteiger partial charge is 0.478 e. The van der Waals surface area contributed by atoms with E-state index in [1.54, 1.807) is 18.7 Å². The zero-order chi connectivity index (χ0) is 13.1. The second kappa shape index (κ2) is 5.27. The van der Waals surface area contributed by atoms with Crippen molar-refractivity contribution in [3.63, 3.8) is 0 Å². The minimum absolute atomic E-state index is 0.304. The fourth-order valence-corrected chi connectivity index (χ4v) is 2.88. The van der Waals surface area contributed by atoms with Gasteiger partial charge in [0, 0.05) is 12.8 Å². The summed E-state index contributed by atoms with van der Waals surface area (Å²) in [5.41, 5.74) is 2.02. The predicted molar refractivity (Wildman–Crippen MR) is 70.9 cm³/mol. The number of aromatic nitrogens is 2. The summed E-state index contributed by atoms with van der Waals surface area (Å²) in [5.74, 6) is -0.184. The first-order valence-electron chi connectivity index (χ1n) is 5.53. The highest BCUT2D eigenvalue weighted by Crippen LogP contribution is 2.27. The van der Waals surface area contributed by atoms with Crippen molar-refractivity contribution in [1.29, 1.82) is 0 Å². The average Bonchev–Trinajstić information content (AvgIpc) is 2.62. The third-order valence-electron chi connectivity index (χ3n) is 2.60. The van der Waals surface area contributed by atoms with Crippen LogP contribution in [0.2, 0.25) is 0 Å². The lowest BCUT2D eigenvalue weighted by Gasteiger charge is -2.03. The van der Waals surface area contributed by atoms with Gasteiger partial charge in [-0.15, -0.1) is 11.8 Å². The van der Waals surface area contributed by atoms with Crippen molar-refractivity contribution in [1.82, 2.24) is 9.78 Å². The molecule has 0 aliphatic heterocycles. The molecule has 1 aromatic heterocycles. The Bertz CT molecular complexity index is 564. The van der Waals surface area contributed by atoms with E-state index in [4.69, 9.17) is 0 Å². The van der Waals surface area contributed by atoms with Crippen LogP contribution in [0.1, 0.15) is 21.6 Å². The normalized spacial score (nSPS) is 10.6. The molecule has 1 heterocycles. The minimum atomic E-state index is -0.920. The fourth-order valence-electron chi connectivity index (χ4n) is 1.77. The number of thioether (sulfide) groups is 1. The monoisotopic (exact) mass is 262 g/mol. The summed E-state index contributed by atoms with van der Waals surface area (Å²) in [6.45, 7) is 1.72. The van der Waals surface area contributed by atoms with E-state index in [0.717, 1.165) is 11.3 Å². The van der Waals surface area contributed by atoms with E-state index in [-0.39, 0.29) is 0 Å². The number of aryl methyl sites for hydroxylation is 2.